The monoisotopic (exact) mass is 476 g/mol. The third-order valence-electron chi connectivity index (χ3n) is 3.67. The van der Waals surface area contributed by atoms with Crippen molar-refractivity contribution in [2.24, 2.45) is 0 Å². The number of hydrogen-bond donors (Lipinski definition) is 1. The number of aromatic carboxylic acids is 1. The molecule has 12 heteroatoms. The van der Waals surface area contributed by atoms with Crippen LogP contribution in [0, 0.1) is 5.82 Å². The van der Waals surface area contributed by atoms with E-state index in [0.717, 1.165) is 24.3 Å². The highest BCUT2D eigenvalue weighted by Crippen LogP contribution is 2.41. The van der Waals surface area contributed by atoms with E-state index in [-0.39, 0.29) is 5.02 Å². The van der Waals surface area contributed by atoms with Gasteiger partial charge in [0.25, 0.3) is 0 Å². The molecule has 0 radical (unpaired) electrons. The van der Waals surface area contributed by atoms with E-state index in [9.17, 15) is 35.5 Å². The van der Waals surface area contributed by atoms with Crippen molar-refractivity contribution in [3.05, 3.63) is 69.0 Å². The SMILES string of the molecule is O=C(O)c1cccc(/C=C/C(c2cc(Cl)cc(Cl)c2F)C(F)(F)F)c1OC(F)(F)F. The average molecular weight is 477 g/mol. The van der Waals surface area contributed by atoms with Crippen LogP contribution in [0.5, 0.6) is 5.75 Å². The van der Waals surface area contributed by atoms with Crippen molar-refractivity contribution >= 4 is 35.2 Å². The topological polar surface area (TPSA) is 46.5 Å². The Morgan fingerprint density at radius 3 is 2.27 bits per heavy atom. The fourth-order valence-corrected chi connectivity index (χ4v) is 2.98. The van der Waals surface area contributed by atoms with Crippen LogP contribution in [0.2, 0.25) is 10.0 Å². The van der Waals surface area contributed by atoms with Crippen molar-refractivity contribution in [1.82, 2.24) is 0 Å². The summed E-state index contributed by atoms with van der Waals surface area (Å²) in [4.78, 5) is 11.2. The summed E-state index contributed by atoms with van der Waals surface area (Å²) >= 11 is 11.2. The smallest absolute Gasteiger partial charge is 0.478 e. The van der Waals surface area contributed by atoms with E-state index in [1.807, 2.05) is 0 Å². The molecule has 0 fully saturated rings. The summed E-state index contributed by atoms with van der Waals surface area (Å²) < 4.78 is 96.4. The van der Waals surface area contributed by atoms with E-state index in [0.29, 0.717) is 18.2 Å². The first-order valence-electron chi connectivity index (χ1n) is 7.72. The van der Waals surface area contributed by atoms with Gasteiger partial charge in [0.05, 0.1) is 5.02 Å². The fourth-order valence-electron chi connectivity index (χ4n) is 2.48. The molecule has 162 valence electrons. The molecule has 1 unspecified atom stereocenters. The number of para-hydroxylation sites is 1. The molecule has 3 nitrogen and oxygen atoms in total. The number of carboxylic acid groups (broad SMARTS) is 1. The highest BCUT2D eigenvalue weighted by molar-refractivity contribution is 6.34. The number of ether oxygens (including phenoxy) is 1. The first-order valence-corrected chi connectivity index (χ1v) is 8.47. The summed E-state index contributed by atoms with van der Waals surface area (Å²) in [5.74, 6) is -7.09. The minimum Gasteiger partial charge on any atom is -0.478 e. The Morgan fingerprint density at radius 2 is 1.73 bits per heavy atom. The molecule has 30 heavy (non-hydrogen) atoms. The molecule has 0 aromatic heterocycles. The van der Waals surface area contributed by atoms with Gasteiger partial charge in [-0.05, 0) is 18.2 Å². The van der Waals surface area contributed by atoms with Crippen molar-refractivity contribution < 1.29 is 45.4 Å². The normalized spacial score (nSPS) is 13.5. The summed E-state index contributed by atoms with van der Waals surface area (Å²) in [5.41, 5.74) is -2.53. The Balaban J connectivity index is 2.62. The zero-order valence-electron chi connectivity index (χ0n) is 14.3. The van der Waals surface area contributed by atoms with Crippen LogP contribution in [0.25, 0.3) is 6.08 Å². The summed E-state index contributed by atoms with van der Waals surface area (Å²) in [6.45, 7) is 0. The van der Waals surface area contributed by atoms with Gasteiger partial charge in [0, 0.05) is 16.1 Å². The minimum atomic E-state index is -5.32. The van der Waals surface area contributed by atoms with E-state index in [2.05, 4.69) is 4.74 Å². The third-order valence-corrected chi connectivity index (χ3v) is 4.16. The lowest BCUT2D eigenvalue weighted by Gasteiger charge is -2.19. The lowest BCUT2D eigenvalue weighted by molar-refractivity contribution is -0.274. The van der Waals surface area contributed by atoms with Gasteiger partial charge in [0.1, 0.15) is 17.3 Å². The van der Waals surface area contributed by atoms with Gasteiger partial charge in [-0.25, -0.2) is 9.18 Å². The Kier molecular flexibility index (Phi) is 6.93. The Morgan fingerprint density at radius 1 is 1.10 bits per heavy atom. The van der Waals surface area contributed by atoms with Gasteiger partial charge in [-0.3, -0.25) is 0 Å². The fraction of sp³-hybridized carbons (Fsp3) is 0.167. The number of hydrogen-bond acceptors (Lipinski definition) is 2. The molecule has 0 spiro atoms. The molecular weight excluding hydrogens is 468 g/mol. The maximum Gasteiger partial charge on any atom is 0.573 e. The molecule has 0 saturated carbocycles. The van der Waals surface area contributed by atoms with E-state index in [4.69, 9.17) is 28.3 Å². The molecular formula is C18H9Cl2F7O3. The van der Waals surface area contributed by atoms with Gasteiger partial charge in [0.15, 0.2) is 5.75 Å². The summed E-state index contributed by atoms with van der Waals surface area (Å²) in [5, 5.41) is 8.05. The van der Waals surface area contributed by atoms with Gasteiger partial charge in [0.2, 0.25) is 0 Å². The molecule has 1 N–H and O–H groups in total. The van der Waals surface area contributed by atoms with Crippen LogP contribution in [0.15, 0.2) is 36.4 Å². The number of benzene rings is 2. The van der Waals surface area contributed by atoms with Crippen LogP contribution in [-0.2, 0) is 0 Å². The molecule has 2 aromatic rings. The predicted molar refractivity (Wildman–Crippen MR) is 94.3 cm³/mol. The number of halogens is 9. The van der Waals surface area contributed by atoms with Crippen LogP contribution in [0.3, 0.4) is 0 Å². The van der Waals surface area contributed by atoms with Crippen molar-refractivity contribution in [1.29, 1.82) is 0 Å². The van der Waals surface area contributed by atoms with E-state index in [1.54, 1.807) is 0 Å². The van der Waals surface area contributed by atoms with Crippen molar-refractivity contribution in [2.45, 2.75) is 18.5 Å². The van der Waals surface area contributed by atoms with Crippen LogP contribution in [-0.4, -0.2) is 23.6 Å². The van der Waals surface area contributed by atoms with E-state index < -0.39 is 57.7 Å². The van der Waals surface area contributed by atoms with Gasteiger partial charge in [-0.15, -0.1) is 13.2 Å². The summed E-state index contributed by atoms with van der Waals surface area (Å²) in [6, 6.07) is 4.24. The standard InChI is InChI=1S/C18H9Cl2F7O3/c19-9-6-11(14(21)13(20)7-9)12(17(22,23)24)5-4-8-2-1-3-10(16(28)29)15(8)30-18(25,26)27/h1-7,12H,(H,28,29)/b5-4+. The van der Waals surface area contributed by atoms with E-state index >= 15 is 0 Å². The van der Waals surface area contributed by atoms with E-state index in [1.165, 1.54) is 0 Å². The molecule has 2 rings (SSSR count). The van der Waals surface area contributed by atoms with Crippen molar-refractivity contribution in [3.63, 3.8) is 0 Å². The molecule has 0 heterocycles. The molecule has 0 aliphatic rings. The van der Waals surface area contributed by atoms with Crippen LogP contribution in [0.4, 0.5) is 30.7 Å². The van der Waals surface area contributed by atoms with Gasteiger partial charge >= 0.3 is 18.5 Å². The summed E-state index contributed by atoms with van der Waals surface area (Å²) in [7, 11) is 0. The first-order chi connectivity index (χ1) is 13.7. The largest absolute Gasteiger partial charge is 0.573 e. The molecule has 0 amide bonds. The molecule has 0 bridgehead atoms. The van der Waals surface area contributed by atoms with Crippen molar-refractivity contribution in [2.75, 3.05) is 0 Å². The second kappa shape index (κ2) is 8.73. The third kappa shape index (κ3) is 5.79. The van der Waals surface area contributed by atoms with Gasteiger partial charge in [-0.1, -0.05) is 47.5 Å². The predicted octanol–water partition coefficient (Wildman–Crippen LogP) is 7.09. The minimum absolute atomic E-state index is 0.298. The Labute approximate surface area is 174 Å². The van der Waals surface area contributed by atoms with Gasteiger partial charge in [-0.2, -0.15) is 13.2 Å². The second-order valence-electron chi connectivity index (χ2n) is 5.75. The number of carbonyl (C=O) groups is 1. The first kappa shape index (κ1) is 23.8. The second-order valence-corrected chi connectivity index (χ2v) is 6.59. The Hall–Kier alpha value is -2.46. The molecule has 1 atom stereocenters. The lowest BCUT2D eigenvalue weighted by atomic mass is 9.96. The maximum absolute atomic E-state index is 14.2. The molecule has 0 saturated heterocycles. The van der Waals surface area contributed by atoms with Crippen molar-refractivity contribution in [3.8, 4) is 5.75 Å². The Bertz CT molecular complexity index is 985. The van der Waals surface area contributed by atoms with Gasteiger partial charge < -0.3 is 9.84 Å². The zero-order chi connectivity index (χ0) is 22.9. The van der Waals surface area contributed by atoms with Crippen LogP contribution < -0.4 is 4.74 Å². The number of carboxylic acids is 1. The highest BCUT2D eigenvalue weighted by Gasteiger charge is 2.41. The number of allylic oxidation sites excluding steroid dienone is 1. The summed E-state index contributed by atoms with van der Waals surface area (Å²) in [6.07, 6.45) is -9.51. The van der Waals surface area contributed by atoms with Crippen LogP contribution >= 0.6 is 23.2 Å². The van der Waals surface area contributed by atoms with Crippen LogP contribution in [0.1, 0.15) is 27.4 Å². The average Bonchev–Trinajstić information content (AvgIpc) is 2.57. The number of alkyl halides is 6. The maximum atomic E-state index is 14.2. The lowest BCUT2D eigenvalue weighted by Crippen LogP contribution is -2.21. The highest BCUT2D eigenvalue weighted by atomic mass is 35.5. The zero-order valence-corrected chi connectivity index (χ0v) is 15.8. The molecule has 0 aliphatic heterocycles. The quantitative estimate of drug-likeness (QED) is 0.370. The molecule has 2 aromatic carbocycles. The molecule has 0 aliphatic carbocycles. The number of rotatable bonds is 5.